The van der Waals surface area contributed by atoms with Crippen molar-refractivity contribution < 1.29 is 9.84 Å². The van der Waals surface area contributed by atoms with E-state index in [1.807, 2.05) is 12.1 Å². The van der Waals surface area contributed by atoms with E-state index in [0.29, 0.717) is 24.8 Å². The van der Waals surface area contributed by atoms with Gasteiger partial charge in [0.1, 0.15) is 5.60 Å². The molecule has 4 heteroatoms. The van der Waals surface area contributed by atoms with Crippen LogP contribution in [-0.4, -0.2) is 29.8 Å². The number of ether oxygens (including phenoxy) is 1. The summed E-state index contributed by atoms with van der Waals surface area (Å²) in [4.78, 5) is 4.36. The van der Waals surface area contributed by atoms with E-state index in [0.717, 1.165) is 18.7 Å². The van der Waals surface area contributed by atoms with Gasteiger partial charge in [-0.25, -0.2) is 4.98 Å². The molecule has 0 aliphatic carbocycles. The zero-order valence-electron chi connectivity index (χ0n) is 10.4. The highest BCUT2D eigenvalue weighted by Gasteiger charge is 2.36. The molecule has 2 rings (SSSR count). The lowest BCUT2D eigenvalue weighted by Crippen LogP contribution is -2.46. The largest absolute Gasteiger partial charge is 0.481 e. The smallest absolute Gasteiger partial charge is 0.213 e. The highest BCUT2D eigenvalue weighted by Crippen LogP contribution is 2.32. The third kappa shape index (κ3) is 2.58. The minimum atomic E-state index is -0.819. The van der Waals surface area contributed by atoms with Crippen LogP contribution in [0.25, 0.3) is 0 Å². The first-order valence-electron chi connectivity index (χ1n) is 6.15. The summed E-state index contributed by atoms with van der Waals surface area (Å²) in [5, 5.41) is 14.1. The van der Waals surface area contributed by atoms with Crippen LogP contribution >= 0.6 is 0 Å². The van der Waals surface area contributed by atoms with E-state index < -0.39 is 5.60 Å². The summed E-state index contributed by atoms with van der Waals surface area (Å²) in [6.07, 6.45) is 2.43. The summed E-state index contributed by atoms with van der Waals surface area (Å²) in [7, 11) is 1.59. The Hall–Kier alpha value is -1.13. The Morgan fingerprint density at radius 1 is 1.59 bits per heavy atom. The van der Waals surface area contributed by atoms with Gasteiger partial charge < -0.3 is 15.2 Å². The van der Waals surface area contributed by atoms with Crippen LogP contribution in [0.3, 0.4) is 0 Å². The number of pyridine rings is 1. The Labute approximate surface area is 102 Å². The van der Waals surface area contributed by atoms with Crippen molar-refractivity contribution in [2.75, 3.05) is 13.7 Å². The zero-order valence-corrected chi connectivity index (χ0v) is 10.4. The Balaban J connectivity index is 2.23. The number of piperidine rings is 1. The molecule has 17 heavy (non-hydrogen) atoms. The third-order valence-corrected chi connectivity index (χ3v) is 3.46. The van der Waals surface area contributed by atoms with Gasteiger partial charge in [-0.05, 0) is 31.9 Å². The van der Waals surface area contributed by atoms with E-state index in [4.69, 9.17) is 4.74 Å². The number of nitrogens with one attached hydrogen (secondary N) is 1. The van der Waals surface area contributed by atoms with Gasteiger partial charge in [0.15, 0.2) is 0 Å². The summed E-state index contributed by atoms with van der Waals surface area (Å²) in [6.45, 7) is 2.95. The average Bonchev–Trinajstić information content (AvgIpc) is 2.39. The maximum atomic E-state index is 10.7. The summed E-state index contributed by atoms with van der Waals surface area (Å²) in [6, 6.07) is 5.91. The number of hydrogen-bond acceptors (Lipinski definition) is 4. The van der Waals surface area contributed by atoms with Crippen LogP contribution in [0.15, 0.2) is 18.2 Å². The molecule has 4 nitrogen and oxygen atoms in total. The Morgan fingerprint density at radius 2 is 2.41 bits per heavy atom. The second kappa shape index (κ2) is 5.02. The van der Waals surface area contributed by atoms with Gasteiger partial charge in [0.2, 0.25) is 5.88 Å². The van der Waals surface area contributed by atoms with Crippen LogP contribution in [0.4, 0.5) is 0 Å². The SMILES string of the molecule is CCC1CC(O)(c2cccc(OC)n2)CCN1. The van der Waals surface area contributed by atoms with Crippen LogP contribution in [-0.2, 0) is 5.60 Å². The molecule has 2 heterocycles. The monoisotopic (exact) mass is 236 g/mol. The van der Waals surface area contributed by atoms with Crippen LogP contribution < -0.4 is 10.1 Å². The summed E-state index contributed by atoms with van der Waals surface area (Å²) in [5.74, 6) is 0.558. The van der Waals surface area contributed by atoms with E-state index in [9.17, 15) is 5.11 Å². The first-order valence-corrected chi connectivity index (χ1v) is 6.15. The van der Waals surface area contributed by atoms with Crippen molar-refractivity contribution in [1.82, 2.24) is 10.3 Å². The number of methoxy groups -OCH3 is 1. The fourth-order valence-electron chi connectivity index (χ4n) is 2.37. The average molecular weight is 236 g/mol. The molecule has 0 aromatic carbocycles. The van der Waals surface area contributed by atoms with E-state index >= 15 is 0 Å². The minimum absolute atomic E-state index is 0.363. The second-order valence-corrected chi connectivity index (χ2v) is 4.61. The molecule has 0 bridgehead atoms. The standard InChI is InChI=1S/C13H20N2O2/c1-3-10-9-13(16,7-8-14-10)11-5-4-6-12(15-11)17-2/h4-6,10,14,16H,3,7-9H2,1-2H3. The van der Waals surface area contributed by atoms with Gasteiger partial charge in [-0.2, -0.15) is 0 Å². The predicted molar refractivity (Wildman–Crippen MR) is 66.0 cm³/mol. The van der Waals surface area contributed by atoms with E-state index in [1.54, 1.807) is 13.2 Å². The molecule has 0 spiro atoms. The van der Waals surface area contributed by atoms with Crippen LogP contribution in [0.1, 0.15) is 31.9 Å². The van der Waals surface area contributed by atoms with Gasteiger partial charge in [0.05, 0.1) is 12.8 Å². The molecule has 0 saturated carbocycles. The molecule has 94 valence electrons. The van der Waals surface area contributed by atoms with Crippen LogP contribution in [0, 0.1) is 0 Å². The molecular formula is C13H20N2O2. The molecule has 2 N–H and O–H groups in total. The first-order chi connectivity index (χ1) is 8.18. The molecule has 2 unspecified atom stereocenters. The maximum Gasteiger partial charge on any atom is 0.213 e. The lowest BCUT2D eigenvalue weighted by atomic mass is 9.84. The number of nitrogens with zero attached hydrogens (tertiary/aromatic N) is 1. The third-order valence-electron chi connectivity index (χ3n) is 3.46. The molecule has 1 aliphatic rings. The molecule has 2 atom stereocenters. The van der Waals surface area contributed by atoms with Gasteiger partial charge >= 0.3 is 0 Å². The van der Waals surface area contributed by atoms with Gasteiger partial charge in [-0.3, -0.25) is 0 Å². The molecule has 1 aromatic rings. The molecule has 1 saturated heterocycles. The van der Waals surface area contributed by atoms with E-state index in [2.05, 4.69) is 17.2 Å². The number of hydrogen-bond donors (Lipinski definition) is 2. The Bertz CT molecular complexity index is 383. The Morgan fingerprint density at radius 3 is 3.12 bits per heavy atom. The second-order valence-electron chi connectivity index (χ2n) is 4.61. The summed E-state index contributed by atoms with van der Waals surface area (Å²) < 4.78 is 5.11. The topological polar surface area (TPSA) is 54.4 Å². The Kier molecular flexibility index (Phi) is 3.64. The van der Waals surface area contributed by atoms with Gasteiger partial charge in [-0.15, -0.1) is 0 Å². The number of aliphatic hydroxyl groups is 1. The fraction of sp³-hybridized carbons (Fsp3) is 0.615. The first kappa shape index (κ1) is 12.3. The van der Waals surface area contributed by atoms with Gasteiger partial charge in [0, 0.05) is 12.1 Å². The van der Waals surface area contributed by atoms with E-state index in [-0.39, 0.29) is 0 Å². The van der Waals surface area contributed by atoms with Crippen molar-refractivity contribution >= 4 is 0 Å². The minimum Gasteiger partial charge on any atom is -0.481 e. The fourth-order valence-corrected chi connectivity index (χ4v) is 2.37. The van der Waals surface area contributed by atoms with Crippen LogP contribution in [0.2, 0.25) is 0 Å². The molecule has 1 fully saturated rings. The van der Waals surface area contributed by atoms with Crippen molar-refractivity contribution in [2.24, 2.45) is 0 Å². The molecule has 1 aliphatic heterocycles. The van der Waals surface area contributed by atoms with E-state index in [1.165, 1.54) is 0 Å². The molecule has 0 radical (unpaired) electrons. The normalized spacial score (nSPS) is 29.0. The zero-order chi connectivity index (χ0) is 12.3. The van der Waals surface area contributed by atoms with Crippen LogP contribution in [0.5, 0.6) is 5.88 Å². The number of aromatic nitrogens is 1. The van der Waals surface area contributed by atoms with Crippen molar-refractivity contribution in [3.05, 3.63) is 23.9 Å². The van der Waals surface area contributed by atoms with Gasteiger partial charge in [0.25, 0.3) is 0 Å². The lowest BCUT2D eigenvalue weighted by molar-refractivity contribution is -0.0136. The molecule has 0 amide bonds. The molecular weight excluding hydrogens is 216 g/mol. The van der Waals surface area contributed by atoms with Crippen molar-refractivity contribution in [3.8, 4) is 5.88 Å². The molecule has 1 aromatic heterocycles. The van der Waals surface area contributed by atoms with Crippen molar-refractivity contribution in [3.63, 3.8) is 0 Å². The highest BCUT2D eigenvalue weighted by molar-refractivity contribution is 5.21. The quantitative estimate of drug-likeness (QED) is 0.834. The maximum absolute atomic E-state index is 10.7. The summed E-state index contributed by atoms with van der Waals surface area (Å²) >= 11 is 0. The van der Waals surface area contributed by atoms with Crippen molar-refractivity contribution in [1.29, 1.82) is 0 Å². The van der Waals surface area contributed by atoms with Crippen molar-refractivity contribution in [2.45, 2.75) is 37.8 Å². The number of rotatable bonds is 3. The predicted octanol–water partition coefficient (Wildman–Crippen LogP) is 1.44. The highest BCUT2D eigenvalue weighted by atomic mass is 16.5. The van der Waals surface area contributed by atoms with Gasteiger partial charge in [-0.1, -0.05) is 13.0 Å². The lowest BCUT2D eigenvalue weighted by Gasteiger charge is -2.36. The summed E-state index contributed by atoms with van der Waals surface area (Å²) in [5.41, 5.74) is -0.0997.